The van der Waals surface area contributed by atoms with E-state index < -0.39 is 0 Å². The molecule has 13 heavy (non-hydrogen) atoms. The standard InChI is InChI=1S/C9H10N4/c1-7-9(10)6-12-13(7)8-3-2-4-11-5-8/h2-6H,10H2,1H3. The maximum Gasteiger partial charge on any atom is 0.0832 e. The molecule has 0 spiro atoms. The molecule has 0 aliphatic rings. The Hall–Kier alpha value is -1.84. The average molecular weight is 174 g/mol. The largest absolute Gasteiger partial charge is 0.396 e. The van der Waals surface area contributed by atoms with Crippen molar-refractivity contribution < 1.29 is 0 Å². The number of rotatable bonds is 1. The van der Waals surface area contributed by atoms with Gasteiger partial charge in [0.25, 0.3) is 0 Å². The first-order valence-corrected chi connectivity index (χ1v) is 3.99. The zero-order chi connectivity index (χ0) is 9.26. The maximum absolute atomic E-state index is 5.67. The van der Waals surface area contributed by atoms with Crippen molar-refractivity contribution >= 4 is 5.69 Å². The number of hydrogen-bond acceptors (Lipinski definition) is 3. The first kappa shape index (κ1) is 7.79. The molecule has 2 aromatic heterocycles. The smallest absolute Gasteiger partial charge is 0.0832 e. The SMILES string of the molecule is Cc1c(N)cnn1-c1cccnc1. The third-order valence-electron chi connectivity index (χ3n) is 1.94. The summed E-state index contributed by atoms with van der Waals surface area (Å²) in [6, 6.07) is 3.80. The first-order chi connectivity index (χ1) is 6.29. The van der Waals surface area contributed by atoms with Crippen molar-refractivity contribution in [1.29, 1.82) is 0 Å². The van der Waals surface area contributed by atoms with Crippen LogP contribution in [0.25, 0.3) is 5.69 Å². The molecule has 2 N–H and O–H groups in total. The quantitative estimate of drug-likeness (QED) is 0.705. The fourth-order valence-corrected chi connectivity index (χ4v) is 1.16. The van der Waals surface area contributed by atoms with Crippen LogP contribution in [0.1, 0.15) is 5.69 Å². The van der Waals surface area contributed by atoms with Crippen molar-refractivity contribution in [2.24, 2.45) is 0 Å². The maximum atomic E-state index is 5.67. The van der Waals surface area contributed by atoms with Crippen LogP contribution >= 0.6 is 0 Å². The Balaban J connectivity index is 2.53. The van der Waals surface area contributed by atoms with Crippen LogP contribution in [-0.2, 0) is 0 Å². The summed E-state index contributed by atoms with van der Waals surface area (Å²) < 4.78 is 1.77. The lowest BCUT2D eigenvalue weighted by Crippen LogP contribution is -1.99. The zero-order valence-corrected chi connectivity index (χ0v) is 7.31. The van der Waals surface area contributed by atoms with Crippen LogP contribution in [0.15, 0.2) is 30.7 Å². The van der Waals surface area contributed by atoms with Gasteiger partial charge < -0.3 is 5.73 Å². The Morgan fingerprint density at radius 3 is 2.77 bits per heavy atom. The minimum absolute atomic E-state index is 0.698. The second-order valence-corrected chi connectivity index (χ2v) is 2.81. The summed E-state index contributed by atoms with van der Waals surface area (Å²) in [5, 5.41) is 4.14. The highest BCUT2D eigenvalue weighted by Gasteiger charge is 2.03. The van der Waals surface area contributed by atoms with Crippen LogP contribution in [-0.4, -0.2) is 14.8 Å². The first-order valence-electron chi connectivity index (χ1n) is 3.99. The molecule has 4 nitrogen and oxygen atoms in total. The number of hydrogen-bond donors (Lipinski definition) is 1. The summed E-state index contributed by atoms with van der Waals surface area (Å²) in [5.74, 6) is 0. The summed E-state index contributed by atoms with van der Waals surface area (Å²) in [5.41, 5.74) is 8.24. The lowest BCUT2D eigenvalue weighted by atomic mass is 10.4. The number of nitrogens with two attached hydrogens (primary N) is 1. The van der Waals surface area contributed by atoms with Crippen LogP contribution < -0.4 is 5.73 Å². The summed E-state index contributed by atoms with van der Waals surface area (Å²) in [6.45, 7) is 1.93. The minimum atomic E-state index is 0.698. The number of anilines is 1. The number of nitrogens with zero attached hydrogens (tertiary/aromatic N) is 3. The van der Waals surface area contributed by atoms with E-state index in [-0.39, 0.29) is 0 Å². The van der Waals surface area contributed by atoms with E-state index in [0.29, 0.717) is 5.69 Å². The number of pyridine rings is 1. The topological polar surface area (TPSA) is 56.7 Å². The van der Waals surface area contributed by atoms with Crippen molar-refractivity contribution in [2.75, 3.05) is 5.73 Å². The second-order valence-electron chi connectivity index (χ2n) is 2.81. The highest BCUT2D eigenvalue weighted by atomic mass is 15.3. The van der Waals surface area contributed by atoms with E-state index in [2.05, 4.69) is 10.1 Å². The molecule has 2 rings (SSSR count). The molecule has 4 heteroatoms. The molecule has 0 amide bonds. The molecular weight excluding hydrogens is 164 g/mol. The van der Waals surface area contributed by atoms with E-state index in [9.17, 15) is 0 Å². The Morgan fingerprint density at radius 2 is 2.23 bits per heavy atom. The molecule has 0 aliphatic heterocycles. The van der Waals surface area contributed by atoms with Gasteiger partial charge in [0.2, 0.25) is 0 Å². The molecule has 0 aliphatic carbocycles. The van der Waals surface area contributed by atoms with Gasteiger partial charge in [0.05, 0.1) is 29.5 Å². The molecule has 0 bridgehead atoms. The minimum Gasteiger partial charge on any atom is -0.396 e. The summed E-state index contributed by atoms with van der Waals surface area (Å²) in [6.07, 6.45) is 5.12. The lowest BCUT2D eigenvalue weighted by Gasteiger charge is -2.02. The Labute approximate surface area is 76.0 Å². The van der Waals surface area contributed by atoms with Gasteiger partial charge in [-0.05, 0) is 19.1 Å². The van der Waals surface area contributed by atoms with E-state index >= 15 is 0 Å². The predicted molar refractivity (Wildman–Crippen MR) is 50.5 cm³/mol. The van der Waals surface area contributed by atoms with Gasteiger partial charge in [0.15, 0.2) is 0 Å². The molecule has 66 valence electrons. The fraction of sp³-hybridized carbons (Fsp3) is 0.111. The highest BCUT2D eigenvalue weighted by Crippen LogP contribution is 2.13. The van der Waals surface area contributed by atoms with E-state index in [4.69, 9.17) is 5.73 Å². The average Bonchev–Trinajstić information content (AvgIpc) is 2.49. The van der Waals surface area contributed by atoms with Gasteiger partial charge in [-0.15, -0.1) is 0 Å². The Kier molecular flexibility index (Phi) is 1.73. The third-order valence-corrected chi connectivity index (χ3v) is 1.94. The summed E-state index contributed by atoms with van der Waals surface area (Å²) in [4.78, 5) is 4.01. The van der Waals surface area contributed by atoms with Gasteiger partial charge in [-0.2, -0.15) is 5.10 Å². The van der Waals surface area contributed by atoms with E-state index in [1.54, 1.807) is 23.3 Å². The van der Waals surface area contributed by atoms with Gasteiger partial charge in [-0.1, -0.05) is 0 Å². The van der Waals surface area contributed by atoms with Crippen molar-refractivity contribution in [3.05, 3.63) is 36.4 Å². The van der Waals surface area contributed by atoms with E-state index in [0.717, 1.165) is 11.4 Å². The van der Waals surface area contributed by atoms with Gasteiger partial charge >= 0.3 is 0 Å². The number of nitrogen functional groups attached to an aromatic ring is 1. The van der Waals surface area contributed by atoms with Crippen LogP contribution in [0.5, 0.6) is 0 Å². The van der Waals surface area contributed by atoms with Gasteiger partial charge in [0, 0.05) is 6.20 Å². The van der Waals surface area contributed by atoms with Crippen molar-refractivity contribution in [3.8, 4) is 5.69 Å². The Morgan fingerprint density at radius 1 is 1.38 bits per heavy atom. The molecular formula is C9H10N4. The van der Waals surface area contributed by atoms with Crippen LogP contribution in [0.4, 0.5) is 5.69 Å². The summed E-state index contributed by atoms with van der Waals surface area (Å²) >= 11 is 0. The molecule has 0 saturated heterocycles. The predicted octanol–water partition coefficient (Wildman–Crippen LogP) is 1.16. The lowest BCUT2D eigenvalue weighted by molar-refractivity contribution is 0.842. The third kappa shape index (κ3) is 1.26. The van der Waals surface area contributed by atoms with E-state index in [1.165, 1.54) is 0 Å². The normalized spacial score (nSPS) is 10.2. The van der Waals surface area contributed by atoms with E-state index in [1.807, 2.05) is 19.1 Å². The van der Waals surface area contributed by atoms with Gasteiger partial charge in [0.1, 0.15) is 0 Å². The van der Waals surface area contributed by atoms with Crippen LogP contribution in [0.3, 0.4) is 0 Å². The zero-order valence-electron chi connectivity index (χ0n) is 7.31. The van der Waals surface area contributed by atoms with Crippen LogP contribution in [0.2, 0.25) is 0 Å². The molecule has 2 heterocycles. The van der Waals surface area contributed by atoms with Gasteiger partial charge in [-0.25, -0.2) is 4.68 Å². The molecule has 0 unspecified atom stereocenters. The van der Waals surface area contributed by atoms with Crippen molar-refractivity contribution in [3.63, 3.8) is 0 Å². The molecule has 0 aromatic carbocycles. The van der Waals surface area contributed by atoms with Crippen LogP contribution in [0, 0.1) is 6.92 Å². The van der Waals surface area contributed by atoms with Crippen molar-refractivity contribution in [1.82, 2.24) is 14.8 Å². The van der Waals surface area contributed by atoms with Crippen molar-refractivity contribution in [2.45, 2.75) is 6.92 Å². The molecule has 2 aromatic rings. The molecule has 0 radical (unpaired) electrons. The fourth-order valence-electron chi connectivity index (χ4n) is 1.16. The summed E-state index contributed by atoms with van der Waals surface area (Å²) in [7, 11) is 0. The molecule has 0 saturated carbocycles. The highest BCUT2D eigenvalue weighted by molar-refractivity contribution is 5.44. The molecule has 0 fully saturated rings. The number of aromatic nitrogens is 3. The molecule has 0 atom stereocenters. The van der Waals surface area contributed by atoms with Gasteiger partial charge in [-0.3, -0.25) is 4.98 Å². The second kappa shape index (κ2) is 2.90. The monoisotopic (exact) mass is 174 g/mol. The Bertz CT molecular complexity index is 405.